The topological polar surface area (TPSA) is 93.9 Å². The number of hydrogen-bond donors (Lipinski definition) is 1. The van der Waals surface area contributed by atoms with Gasteiger partial charge in [-0.3, -0.25) is 4.79 Å². The van der Waals surface area contributed by atoms with Crippen LogP contribution in [0.25, 0.3) is 10.9 Å². The molecule has 9 heteroatoms. The first-order chi connectivity index (χ1) is 13.6. The molecule has 0 spiro atoms. The first kappa shape index (κ1) is 18.5. The minimum absolute atomic E-state index is 0.147. The minimum Gasteiger partial charge on any atom is -0.484 e. The van der Waals surface area contributed by atoms with Crippen LogP contribution in [0.4, 0.5) is 0 Å². The van der Waals surface area contributed by atoms with Gasteiger partial charge in [0.2, 0.25) is 0 Å². The van der Waals surface area contributed by atoms with Crippen molar-refractivity contribution in [3.05, 3.63) is 75.6 Å². The number of para-hydroxylation sites is 1. The van der Waals surface area contributed by atoms with Gasteiger partial charge in [-0.25, -0.2) is 4.98 Å². The number of thioether (sulfide) groups is 1. The molecule has 0 saturated carbocycles. The molecule has 4 rings (SSSR count). The molecule has 0 radical (unpaired) electrons. The summed E-state index contributed by atoms with van der Waals surface area (Å²) in [6.07, 6.45) is 0. The van der Waals surface area contributed by atoms with E-state index in [1.807, 2.05) is 25.1 Å². The normalized spacial score (nSPS) is 12.2. The molecular formula is C19H15ClN4O3S. The smallest absolute Gasteiger partial charge is 0.277 e. The Bertz CT molecular complexity index is 1160. The quantitative estimate of drug-likeness (QED) is 0.467. The number of H-pyrrole nitrogens is 1. The maximum atomic E-state index is 12.2. The molecule has 2 heterocycles. The first-order valence-corrected chi connectivity index (χ1v) is 9.70. The van der Waals surface area contributed by atoms with Gasteiger partial charge < -0.3 is 14.1 Å². The van der Waals surface area contributed by atoms with Crippen molar-refractivity contribution in [2.75, 3.05) is 0 Å². The van der Waals surface area contributed by atoms with Crippen molar-refractivity contribution < 1.29 is 9.15 Å². The molecule has 0 fully saturated rings. The number of nitrogens with zero attached hydrogens (tertiary/aromatic N) is 3. The van der Waals surface area contributed by atoms with Gasteiger partial charge in [-0.2, -0.15) is 0 Å². The summed E-state index contributed by atoms with van der Waals surface area (Å²) in [4.78, 5) is 19.6. The van der Waals surface area contributed by atoms with Crippen molar-refractivity contribution in [2.24, 2.45) is 0 Å². The molecule has 2 aromatic heterocycles. The molecule has 2 aromatic carbocycles. The van der Waals surface area contributed by atoms with Gasteiger partial charge in [0.05, 0.1) is 16.2 Å². The number of benzene rings is 2. The highest BCUT2D eigenvalue weighted by Gasteiger charge is 2.16. The lowest BCUT2D eigenvalue weighted by molar-refractivity contribution is 0.252. The Morgan fingerprint density at radius 3 is 2.79 bits per heavy atom. The van der Waals surface area contributed by atoms with E-state index in [0.29, 0.717) is 38.6 Å². The van der Waals surface area contributed by atoms with E-state index in [-0.39, 0.29) is 17.4 Å². The Labute approximate surface area is 169 Å². The Balaban J connectivity index is 1.43. The lowest BCUT2D eigenvalue weighted by Crippen LogP contribution is -2.12. The summed E-state index contributed by atoms with van der Waals surface area (Å²) in [7, 11) is 0. The monoisotopic (exact) mass is 414 g/mol. The van der Waals surface area contributed by atoms with Crippen LogP contribution in [0, 0.1) is 0 Å². The highest BCUT2D eigenvalue weighted by atomic mass is 35.5. The second kappa shape index (κ2) is 8.04. The number of rotatable bonds is 6. The predicted molar refractivity (Wildman–Crippen MR) is 107 cm³/mol. The second-order valence-electron chi connectivity index (χ2n) is 5.93. The van der Waals surface area contributed by atoms with Crippen LogP contribution in [0.2, 0.25) is 5.02 Å². The van der Waals surface area contributed by atoms with Gasteiger partial charge >= 0.3 is 0 Å². The van der Waals surface area contributed by atoms with Crippen molar-refractivity contribution in [3.8, 4) is 5.75 Å². The minimum atomic E-state index is -0.178. The number of aromatic nitrogens is 4. The third-order valence-electron chi connectivity index (χ3n) is 3.92. The van der Waals surface area contributed by atoms with Gasteiger partial charge in [-0.1, -0.05) is 35.5 Å². The molecule has 0 saturated heterocycles. The Morgan fingerprint density at radius 2 is 1.96 bits per heavy atom. The van der Waals surface area contributed by atoms with E-state index in [9.17, 15) is 4.79 Å². The maximum absolute atomic E-state index is 12.2. The van der Waals surface area contributed by atoms with E-state index in [1.165, 1.54) is 11.8 Å². The molecule has 1 N–H and O–H groups in total. The number of nitrogens with one attached hydrogen (secondary N) is 1. The fourth-order valence-electron chi connectivity index (χ4n) is 2.52. The van der Waals surface area contributed by atoms with Gasteiger partial charge in [0.1, 0.15) is 11.6 Å². The van der Waals surface area contributed by atoms with Crippen molar-refractivity contribution in [2.45, 2.75) is 24.0 Å². The van der Waals surface area contributed by atoms with Gasteiger partial charge in [-0.15, -0.1) is 10.2 Å². The van der Waals surface area contributed by atoms with Crippen LogP contribution >= 0.6 is 23.4 Å². The molecule has 28 heavy (non-hydrogen) atoms. The highest BCUT2D eigenvalue weighted by molar-refractivity contribution is 7.99. The van der Waals surface area contributed by atoms with E-state index in [4.69, 9.17) is 20.8 Å². The summed E-state index contributed by atoms with van der Waals surface area (Å²) >= 11 is 7.16. The maximum Gasteiger partial charge on any atom is 0.277 e. The summed E-state index contributed by atoms with van der Waals surface area (Å²) in [5.74, 6) is 1.55. The molecule has 142 valence electrons. The summed E-state index contributed by atoms with van der Waals surface area (Å²) in [6, 6.07) is 14.2. The number of ether oxygens (including phenoxy) is 1. The summed E-state index contributed by atoms with van der Waals surface area (Å²) in [5.41, 5.74) is 0.479. The van der Waals surface area contributed by atoms with Crippen molar-refractivity contribution in [1.29, 1.82) is 0 Å². The highest BCUT2D eigenvalue weighted by Crippen LogP contribution is 2.32. The molecule has 7 nitrogen and oxygen atoms in total. The number of aromatic amines is 1. The molecular weight excluding hydrogens is 400 g/mol. The molecule has 4 aromatic rings. The third kappa shape index (κ3) is 4.18. The zero-order chi connectivity index (χ0) is 19.5. The standard InChI is InChI=1S/C19H15ClN4O3S/c1-11(17-21-15-5-3-2-4-14(15)18(25)22-17)28-19-24-23-16(27-19)10-26-13-8-6-12(20)7-9-13/h2-9,11H,10H2,1H3,(H,21,22,25)/t11-/m1/s1. The van der Waals surface area contributed by atoms with E-state index < -0.39 is 0 Å². The van der Waals surface area contributed by atoms with E-state index in [2.05, 4.69) is 20.2 Å². The molecule has 0 bridgehead atoms. The van der Waals surface area contributed by atoms with Crippen molar-refractivity contribution in [3.63, 3.8) is 0 Å². The Hall–Kier alpha value is -2.84. The number of hydrogen-bond acceptors (Lipinski definition) is 7. The van der Waals surface area contributed by atoms with Gasteiger partial charge in [-0.05, 0) is 43.3 Å². The van der Waals surface area contributed by atoms with Crippen LogP contribution in [0.15, 0.2) is 63.0 Å². The first-order valence-electron chi connectivity index (χ1n) is 8.45. The summed E-state index contributed by atoms with van der Waals surface area (Å²) < 4.78 is 11.2. The van der Waals surface area contributed by atoms with Crippen molar-refractivity contribution in [1.82, 2.24) is 20.2 Å². The average molecular weight is 415 g/mol. The van der Waals surface area contributed by atoms with Crippen molar-refractivity contribution >= 4 is 34.3 Å². The molecule has 0 amide bonds. The molecule has 1 atom stereocenters. The summed E-state index contributed by atoms with van der Waals surface area (Å²) in [6.45, 7) is 2.06. The number of fused-ring (bicyclic) bond motifs is 1. The van der Waals surface area contributed by atoms with Gasteiger partial charge in [0.15, 0.2) is 6.61 Å². The fourth-order valence-corrected chi connectivity index (χ4v) is 3.41. The predicted octanol–water partition coefficient (Wildman–Crippen LogP) is 4.39. The van der Waals surface area contributed by atoms with Crippen LogP contribution < -0.4 is 10.3 Å². The molecule has 0 unspecified atom stereocenters. The van der Waals surface area contributed by atoms with Crippen LogP contribution in [-0.2, 0) is 6.61 Å². The largest absolute Gasteiger partial charge is 0.484 e. The lowest BCUT2D eigenvalue weighted by atomic mass is 10.2. The fraction of sp³-hybridized carbons (Fsp3) is 0.158. The second-order valence-corrected chi connectivity index (χ2v) is 7.66. The Kier molecular flexibility index (Phi) is 5.31. The number of halogens is 1. The Morgan fingerprint density at radius 1 is 1.18 bits per heavy atom. The zero-order valence-corrected chi connectivity index (χ0v) is 16.3. The lowest BCUT2D eigenvalue weighted by Gasteiger charge is -2.08. The zero-order valence-electron chi connectivity index (χ0n) is 14.8. The van der Waals surface area contributed by atoms with E-state index >= 15 is 0 Å². The van der Waals surface area contributed by atoms with E-state index in [1.54, 1.807) is 30.3 Å². The average Bonchev–Trinajstić information content (AvgIpc) is 3.15. The summed E-state index contributed by atoms with van der Waals surface area (Å²) in [5, 5.41) is 9.39. The molecule has 0 aliphatic heterocycles. The SMILES string of the molecule is C[C@@H](Sc1nnc(COc2ccc(Cl)cc2)o1)c1nc2ccccc2c(=O)[nH]1. The molecule has 0 aliphatic carbocycles. The van der Waals surface area contributed by atoms with Crippen LogP contribution in [0.3, 0.4) is 0 Å². The van der Waals surface area contributed by atoms with Crippen LogP contribution in [0.5, 0.6) is 5.75 Å². The van der Waals surface area contributed by atoms with Gasteiger partial charge in [0, 0.05) is 5.02 Å². The van der Waals surface area contributed by atoms with Gasteiger partial charge in [0.25, 0.3) is 16.7 Å². The van der Waals surface area contributed by atoms with Crippen LogP contribution in [-0.4, -0.2) is 20.2 Å². The third-order valence-corrected chi connectivity index (χ3v) is 5.11. The van der Waals surface area contributed by atoms with Crippen LogP contribution in [0.1, 0.15) is 23.9 Å². The van der Waals surface area contributed by atoms with E-state index in [0.717, 1.165) is 0 Å². The molecule has 0 aliphatic rings.